The molecule has 0 aliphatic carbocycles. The quantitative estimate of drug-likeness (QED) is 0.446. The van der Waals surface area contributed by atoms with E-state index >= 15 is 0 Å². The zero-order chi connectivity index (χ0) is 24.7. The topological polar surface area (TPSA) is 88.2 Å². The Balaban J connectivity index is 1.56. The molecular weight excluding hydrogens is 471 g/mol. The van der Waals surface area contributed by atoms with Crippen LogP contribution in [0.15, 0.2) is 71.7 Å². The number of benzene rings is 2. The predicted octanol–water partition coefficient (Wildman–Crippen LogP) is 4.07. The summed E-state index contributed by atoms with van der Waals surface area (Å²) in [5, 5.41) is 22.9. The molecule has 0 saturated carbocycles. The molecule has 0 bridgehead atoms. The van der Waals surface area contributed by atoms with Gasteiger partial charge in [0.05, 0.1) is 16.9 Å². The number of allylic oxidation sites excluding steroid dienone is 1. The lowest BCUT2D eigenvalue weighted by molar-refractivity contribution is 0.477. The van der Waals surface area contributed by atoms with Gasteiger partial charge >= 0.3 is 5.69 Å². The minimum absolute atomic E-state index is 0.113. The predicted molar refractivity (Wildman–Crippen MR) is 133 cm³/mol. The van der Waals surface area contributed by atoms with Gasteiger partial charge in [-0.1, -0.05) is 17.7 Å². The van der Waals surface area contributed by atoms with Gasteiger partial charge in [0.15, 0.2) is 5.82 Å². The van der Waals surface area contributed by atoms with Gasteiger partial charge in [0, 0.05) is 61.1 Å². The SMILES string of the molecule is CC1=CN(c2cc(-c3cc(F)cc(-c4ccc(-n5ccn(C)c5=O)c(Cl)c4)c3O)cnn2)CCN1. The third kappa shape index (κ3) is 4.26. The molecule has 0 spiro atoms. The molecular formula is C25H22ClFN6O2. The summed E-state index contributed by atoms with van der Waals surface area (Å²) in [5.74, 6) is -0.0455. The van der Waals surface area contributed by atoms with Crippen molar-refractivity contribution >= 4 is 17.4 Å². The number of hydrogen-bond donors (Lipinski definition) is 2. The van der Waals surface area contributed by atoms with Crippen LogP contribution in [0.4, 0.5) is 10.2 Å². The van der Waals surface area contributed by atoms with E-state index in [0.29, 0.717) is 29.2 Å². The molecule has 4 aromatic rings. The number of aryl methyl sites for hydroxylation is 1. The summed E-state index contributed by atoms with van der Waals surface area (Å²) in [6.45, 7) is 3.42. The number of imidazole rings is 1. The van der Waals surface area contributed by atoms with Crippen molar-refractivity contribution in [1.29, 1.82) is 0 Å². The number of phenols is 1. The Hall–Kier alpha value is -4.11. The third-order valence-electron chi connectivity index (χ3n) is 5.89. The van der Waals surface area contributed by atoms with Crippen molar-refractivity contribution in [2.24, 2.45) is 7.05 Å². The molecule has 0 saturated heterocycles. The molecule has 1 aliphatic heterocycles. The Kier molecular flexibility index (Phi) is 5.78. The summed E-state index contributed by atoms with van der Waals surface area (Å²) < 4.78 is 17.6. The molecule has 2 aromatic heterocycles. The van der Waals surface area contributed by atoms with E-state index in [4.69, 9.17) is 11.6 Å². The van der Waals surface area contributed by atoms with Crippen molar-refractivity contribution in [2.45, 2.75) is 6.92 Å². The molecule has 5 rings (SSSR count). The van der Waals surface area contributed by atoms with E-state index in [9.17, 15) is 14.3 Å². The standard InChI is InChI=1S/C25H22ClFN6O2/c1-15-14-32(6-5-28-15)23-10-17(13-29-30-23)20-12-18(27)11-19(24(20)34)16-3-4-22(21(26)9-16)33-8-7-31(2)25(33)35/h3-4,7-14,28,34H,5-6H2,1-2H3. The van der Waals surface area contributed by atoms with Crippen LogP contribution in [0.1, 0.15) is 6.92 Å². The minimum atomic E-state index is -0.524. The Morgan fingerprint density at radius 2 is 1.89 bits per heavy atom. The first kappa shape index (κ1) is 22.7. The number of aromatic hydroxyl groups is 1. The molecule has 2 aromatic carbocycles. The van der Waals surface area contributed by atoms with Gasteiger partial charge in [-0.25, -0.2) is 9.18 Å². The van der Waals surface area contributed by atoms with Crippen LogP contribution in [0.5, 0.6) is 5.75 Å². The number of halogens is 2. The van der Waals surface area contributed by atoms with Crippen molar-refractivity contribution in [3.05, 3.63) is 88.2 Å². The second-order valence-corrected chi connectivity index (χ2v) is 8.72. The Bertz CT molecular complexity index is 1530. The van der Waals surface area contributed by atoms with E-state index < -0.39 is 5.82 Å². The number of nitrogens with one attached hydrogen (secondary N) is 1. The van der Waals surface area contributed by atoms with Gasteiger partial charge < -0.3 is 19.9 Å². The fraction of sp³-hybridized carbons (Fsp3) is 0.160. The van der Waals surface area contributed by atoms with E-state index in [1.165, 1.54) is 27.5 Å². The van der Waals surface area contributed by atoms with Crippen LogP contribution < -0.4 is 15.9 Å². The molecule has 1 aliphatic rings. The highest BCUT2D eigenvalue weighted by Crippen LogP contribution is 2.40. The van der Waals surface area contributed by atoms with E-state index in [-0.39, 0.29) is 27.6 Å². The van der Waals surface area contributed by atoms with Crippen LogP contribution in [0.3, 0.4) is 0 Å². The normalized spacial score (nSPS) is 13.5. The van der Waals surface area contributed by atoms with Gasteiger partial charge in [-0.3, -0.25) is 4.57 Å². The van der Waals surface area contributed by atoms with Crippen molar-refractivity contribution in [2.75, 3.05) is 18.0 Å². The summed E-state index contributed by atoms with van der Waals surface area (Å²) in [6, 6.07) is 9.21. The maximum Gasteiger partial charge on any atom is 0.332 e. The molecule has 8 nitrogen and oxygen atoms in total. The average Bonchev–Trinajstić information content (AvgIpc) is 3.18. The molecule has 0 radical (unpaired) electrons. The molecule has 35 heavy (non-hydrogen) atoms. The second-order valence-electron chi connectivity index (χ2n) is 8.31. The monoisotopic (exact) mass is 492 g/mol. The van der Waals surface area contributed by atoms with E-state index in [2.05, 4.69) is 15.5 Å². The third-order valence-corrected chi connectivity index (χ3v) is 6.20. The summed E-state index contributed by atoms with van der Waals surface area (Å²) in [4.78, 5) is 14.2. The first-order valence-corrected chi connectivity index (χ1v) is 11.3. The molecule has 0 unspecified atom stereocenters. The van der Waals surface area contributed by atoms with Gasteiger partial charge in [0.1, 0.15) is 11.6 Å². The summed E-state index contributed by atoms with van der Waals surface area (Å²) in [5.41, 5.74) is 2.82. The number of hydrogen-bond acceptors (Lipinski definition) is 6. The van der Waals surface area contributed by atoms with Crippen molar-refractivity contribution in [1.82, 2.24) is 24.6 Å². The van der Waals surface area contributed by atoms with Crippen LogP contribution in [-0.2, 0) is 7.05 Å². The molecule has 10 heteroatoms. The Labute approximate surface area is 205 Å². The second kappa shape index (κ2) is 8.92. The summed E-state index contributed by atoms with van der Waals surface area (Å²) >= 11 is 6.48. The first-order chi connectivity index (χ1) is 16.8. The number of anilines is 1. The van der Waals surface area contributed by atoms with Gasteiger partial charge in [-0.15, -0.1) is 5.10 Å². The fourth-order valence-electron chi connectivity index (χ4n) is 4.10. The van der Waals surface area contributed by atoms with Gasteiger partial charge in [-0.2, -0.15) is 5.10 Å². The maximum atomic E-state index is 14.7. The molecule has 178 valence electrons. The number of rotatable bonds is 4. The zero-order valence-electron chi connectivity index (χ0n) is 19.0. The molecule has 0 fully saturated rings. The largest absolute Gasteiger partial charge is 0.507 e. The summed E-state index contributed by atoms with van der Waals surface area (Å²) in [7, 11) is 1.65. The van der Waals surface area contributed by atoms with Crippen molar-refractivity contribution < 1.29 is 9.50 Å². The van der Waals surface area contributed by atoms with Gasteiger partial charge in [0.2, 0.25) is 0 Å². The van der Waals surface area contributed by atoms with Gasteiger partial charge in [-0.05, 0) is 42.8 Å². The molecule has 0 atom stereocenters. The first-order valence-electron chi connectivity index (χ1n) is 10.9. The number of nitrogens with zero attached hydrogens (tertiary/aromatic N) is 5. The summed E-state index contributed by atoms with van der Waals surface area (Å²) in [6.07, 6.45) is 6.66. The van der Waals surface area contributed by atoms with E-state index in [1.54, 1.807) is 43.7 Å². The van der Waals surface area contributed by atoms with Crippen LogP contribution in [0.2, 0.25) is 5.02 Å². The zero-order valence-corrected chi connectivity index (χ0v) is 19.8. The van der Waals surface area contributed by atoms with Crippen LogP contribution >= 0.6 is 11.6 Å². The molecule has 0 amide bonds. The highest BCUT2D eigenvalue weighted by Gasteiger charge is 2.18. The lowest BCUT2D eigenvalue weighted by Gasteiger charge is -2.25. The van der Waals surface area contributed by atoms with Crippen molar-refractivity contribution in [3.8, 4) is 33.7 Å². The van der Waals surface area contributed by atoms with Crippen LogP contribution in [0, 0.1) is 5.82 Å². The van der Waals surface area contributed by atoms with E-state index in [0.717, 1.165) is 12.2 Å². The Morgan fingerprint density at radius 1 is 1.11 bits per heavy atom. The molecule has 2 N–H and O–H groups in total. The van der Waals surface area contributed by atoms with Gasteiger partial charge in [0.25, 0.3) is 0 Å². The minimum Gasteiger partial charge on any atom is -0.507 e. The van der Waals surface area contributed by atoms with E-state index in [1.807, 2.05) is 18.0 Å². The van der Waals surface area contributed by atoms with Crippen LogP contribution in [0.25, 0.3) is 27.9 Å². The number of phenolic OH excluding ortho intramolecular Hbond substituents is 1. The highest BCUT2D eigenvalue weighted by atomic mass is 35.5. The smallest absolute Gasteiger partial charge is 0.332 e. The lowest BCUT2D eigenvalue weighted by atomic mass is 9.97. The molecule has 3 heterocycles. The average molecular weight is 493 g/mol. The van der Waals surface area contributed by atoms with Crippen LogP contribution in [-0.4, -0.2) is 37.5 Å². The fourth-order valence-corrected chi connectivity index (χ4v) is 4.37. The highest BCUT2D eigenvalue weighted by molar-refractivity contribution is 6.32. The number of aromatic nitrogens is 4. The lowest BCUT2D eigenvalue weighted by Crippen LogP contribution is -2.34. The maximum absolute atomic E-state index is 14.7. The van der Waals surface area contributed by atoms with Crippen molar-refractivity contribution in [3.63, 3.8) is 0 Å². The Morgan fingerprint density at radius 3 is 2.57 bits per heavy atom.